The first kappa shape index (κ1) is 21.7. The normalized spacial score (nSPS) is 11.9. The molecule has 0 amide bonds. The number of hydrogen-bond acceptors (Lipinski definition) is 3. The number of benzene rings is 4. The molecule has 33 heavy (non-hydrogen) atoms. The summed E-state index contributed by atoms with van der Waals surface area (Å²) in [5.41, 5.74) is -1.29. The molecule has 1 heterocycles. The van der Waals surface area contributed by atoms with Crippen molar-refractivity contribution >= 4 is 45.0 Å². The largest absolute Gasteiger partial charge is 0.446 e. The molecule has 0 saturated heterocycles. The van der Waals surface area contributed by atoms with E-state index in [2.05, 4.69) is 4.98 Å². The van der Waals surface area contributed by atoms with Crippen molar-refractivity contribution in [3.05, 3.63) is 89.4 Å². The number of halogens is 4. The van der Waals surface area contributed by atoms with Gasteiger partial charge in [-0.2, -0.15) is 13.2 Å². The molecule has 5 aromatic rings. The van der Waals surface area contributed by atoms with E-state index in [1.54, 1.807) is 37.3 Å². The molecular weight excluding hydrogens is 465 g/mol. The van der Waals surface area contributed by atoms with Gasteiger partial charge in [0.15, 0.2) is 5.82 Å². The minimum atomic E-state index is -4.43. The summed E-state index contributed by atoms with van der Waals surface area (Å²) < 4.78 is 39.9. The fourth-order valence-electron chi connectivity index (χ4n) is 3.99. The van der Waals surface area contributed by atoms with Crippen LogP contribution in [0.15, 0.2) is 83.8 Å². The summed E-state index contributed by atoms with van der Waals surface area (Å²) >= 11 is 6.14. The van der Waals surface area contributed by atoms with Crippen molar-refractivity contribution in [2.75, 3.05) is 0 Å². The zero-order valence-corrected chi connectivity index (χ0v) is 18.9. The van der Waals surface area contributed by atoms with Crippen molar-refractivity contribution in [3.8, 4) is 22.6 Å². The predicted molar refractivity (Wildman–Crippen MR) is 130 cm³/mol. The Hall–Kier alpha value is -3.09. The van der Waals surface area contributed by atoms with Crippen LogP contribution in [0, 0.1) is 6.92 Å². The highest BCUT2D eigenvalue weighted by molar-refractivity contribution is 8.00. The van der Waals surface area contributed by atoms with Gasteiger partial charge in [0.25, 0.3) is 0 Å². The van der Waals surface area contributed by atoms with Crippen LogP contribution < -0.4 is 0 Å². The van der Waals surface area contributed by atoms with Crippen molar-refractivity contribution in [2.45, 2.75) is 17.3 Å². The third kappa shape index (κ3) is 4.28. The third-order valence-electron chi connectivity index (χ3n) is 5.39. The van der Waals surface area contributed by atoms with Gasteiger partial charge in [-0.05, 0) is 59.3 Å². The van der Waals surface area contributed by atoms with Gasteiger partial charge >= 0.3 is 5.51 Å². The van der Waals surface area contributed by atoms with Gasteiger partial charge in [0.05, 0.1) is 11.2 Å². The lowest BCUT2D eigenvalue weighted by atomic mass is 9.99. The second-order valence-corrected chi connectivity index (χ2v) is 9.12. The first-order valence-electron chi connectivity index (χ1n) is 10.1. The highest BCUT2D eigenvalue weighted by atomic mass is 35.5. The van der Waals surface area contributed by atoms with E-state index in [1.165, 1.54) is 6.07 Å². The summed E-state index contributed by atoms with van der Waals surface area (Å²) in [4.78, 5) is 9.56. The molecule has 4 aromatic carbocycles. The Labute approximate surface area is 197 Å². The van der Waals surface area contributed by atoms with E-state index in [-0.39, 0.29) is 22.5 Å². The first-order chi connectivity index (χ1) is 15.8. The summed E-state index contributed by atoms with van der Waals surface area (Å²) in [5, 5.41) is 3.29. The molecule has 0 aliphatic rings. The first-order valence-corrected chi connectivity index (χ1v) is 11.3. The zero-order chi connectivity index (χ0) is 23.2. The quantitative estimate of drug-likeness (QED) is 0.241. The number of fused-ring (bicyclic) bond motifs is 2. The Morgan fingerprint density at radius 2 is 1.58 bits per heavy atom. The molecule has 0 radical (unpaired) electrons. The van der Waals surface area contributed by atoms with E-state index >= 15 is 0 Å². The molecule has 7 heteroatoms. The molecular formula is C26H16ClF3N2S. The van der Waals surface area contributed by atoms with Gasteiger partial charge in [0.2, 0.25) is 0 Å². The van der Waals surface area contributed by atoms with Crippen molar-refractivity contribution < 1.29 is 13.2 Å². The van der Waals surface area contributed by atoms with Crippen LogP contribution >= 0.6 is 23.4 Å². The second kappa shape index (κ2) is 8.36. The van der Waals surface area contributed by atoms with Crippen LogP contribution in [-0.2, 0) is 0 Å². The van der Waals surface area contributed by atoms with E-state index in [0.29, 0.717) is 27.4 Å². The highest BCUT2D eigenvalue weighted by Crippen LogP contribution is 2.43. The lowest BCUT2D eigenvalue weighted by Crippen LogP contribution is -2.03. The third-order valence-corrected chi connectivity index (χ3v) is 6.41. The molecule has 0 atom stereocenters. The van der Waals surface area contributed by atoms with Crippen LogP contribution in [0.3, 0.4) is 0 Å². The summed E-state index contributed by atoms with van der Waals surface area (Å²) in [6, 6.07) is 23.9. The summed E-state index contributed by atoms with van der Waals surface area (Å²) in [5.74, 6) is 0.248. The van der Waals surface area contributed by atoms with Gasteiger partial charge in [-0.1, -0.05) is 66.2 Å². The van der Waals surface area contributed by atoms with Crippen molar-refractivity contribution in [1.82, 2.24) is 9.97 Å². The van der Waals surface area contributed by atoms with E-state index in [4.69, 9.17) is 16.6 Å². The zero-order valence-electron chi connectivity index (χ0n) is 17.3. The Balaban J connectivity index is 1.84. The van der Waals surface area contributed by atoms with Crippen LogP contribution in [0.25, 0.3) is 44.3 Å². The summed E-state index contributed by atoms with van der Waals surface area (Å²) in [6.45, 7) is 1.77. The van der Waals surface area contributed by atoms with Crippen molar-refractivity contribution in [1.29, 1.82) is 0 Å². The number of alkyl halides is 3. The number of thioether (sulfide) groups is 1. The van der Waals surface area contributed by atoms with Crippen LogP contribution in [0.5, 0.6) is 0 Å². The monoisotopic (exact) mass is 480 g/mol. The lowest BCUT2D eigenvalue weighted by molar-refractivity contribution is -0.0328. The number of aryl methyl sites for hydroxylation is 1. The molecule has 5 rings (SSSR count). The minimum absolute atomic E-state index is 0.0692. The molecule has 164 valence electrons. The molecule has 0 saturated carbocycles. The molecule has 0 bridgehead atoms. The van der Waals surface area contributed by atoms with Gasteiger partial charge in [-0.15, -0.1) is 0 Å². The topological polar surface area (TPSA) is 25.8 Å². The maximum absolute atomic E-state index is 13.3. The van der Waals surface area contributed by atoms with Crippen LogP contribution in [0.1, 0.15) is 5.56 Å². The smallest absolute Gasteiger partial charge is 0.228 e. The second-order valence-electron chi connectivity index (χ2n) is 7.58. The molecule has 0 aliphatic heterocycles. The number of hydrogen-bond donors (Lipinski definition) is 0. The van der Waals surface area contributed by atoms with Crippen molar-refractivity contribution in [3.63, 3.8) is 0 Å². The Morgan fingerprint density at radius 1 is 0.818 bits per heavy atom. The molecule has 0 fully saturated rings. The number of rotatable bonds is 3. The highest BCUT2D eigenvalue weighted by Gasteiger charge is 2.31. The Morgan fingerprint density at radius 3 is 2.39 bits per heavy atom. The van der Waals surface area contributed by atoms with E-state index in [9.17, 15) is 13.2 Å². The number of nitrogens with zero attached hydrogens (tertiary/aromatic N) is 2. The molecule has 0 spiro atoms. The predicted octanol–water partition coefficient (Wildman–Crippen LogP) is 8.69. The van der Waals surface area contributed by atoms with Gasteiger partial charge in [-0.3, -0.25) is 0 Å². The van der Waals surface area contributed by atoms with E-state index in [0.717, 1.165) is 21.7 Å². The van der Waals surface area contributed by atoms with Gasteiger partial charge in [0.1, 0.15) is 0 Å². The fraction of sp³-hybridized carbons (Fsp3) is 0.0769. The minimum Gasteiger partial charge on any atom is -0.228 e. The van der Waals surface area contributed by atoms with Gasteiger partial charge in [-0.25, -0.2) is 9.97 Å². The Kier molecular flexibility index (Phi) is 5.51. The van der Waals surface area contributed by atoms with Crippen LogP contribution in [-0.4, -0.2) is 15.5 Å². The SMILES string of the molecule is Cc1cccc(SC(F)(F)F)c1-c1nc(-c2cccc3ccccc23)c2cc(Cl)ccc2n1. The summed E-state index contributed by atoms with van der Waals surface area (Å²) in [7, 11) is 0. The summed E-state index contributed by atoms with van der Waals surface area (Å²) in [6.07, 6.45) is 0. The Bertz CT molecular complexity index is 1510. The molecule has 0 aliphatic carbocycles. The molecule has 0 unspecified atom stereocenters. The maximum Gasteiger partial charge on any atom is 0.446 e. The maximum atomic E-state index is 13.3. The average Bonchev–Trinajstić information content (AvgIpc) is 2.77. The van der Waals surface area contributed by atoms with Gasteiger partial charge < -0.3 is 0 Å². The van der Waals surface area contributed by atoms with Gasteiger partial charge in [0, 0.05) is 26.4 Å². The van der Waals surface area contributed by atoms with Crippen LogP contribution in [0.4, 0.5) is 13.2 Å². The standard InChI is InChI=1S/C26H16ClF3N2S/c1-15-6-4-11-22(33-26(28,29)30)23(15)25-31-21-13-12-17(27)14-20(21)24(32-25)19-10-5-8-16-7-2-3-9-18(16)19/h2-14H,1H3. The molecule has 2 nitrogen and oxygen atoms in total. The molecule has 1 aromatic heterocycles. The van der Waals surface area contributed by atoms with Crippen LogP contribution in [0.2, 0.25) is 5.02 Å². The average molecular weight is 481 g/mol. The fourth-order valence-corrected chi connectivity index (χ4v) is 4.91. The van der Waals surface area contributed by atoms with E-state index in [1.807, 2.05) is 42.5 Å². The van der Waals surface area contributed by atoms with E-state index < -0.39 is 5.51 Å². The van der Waals surface area contributed by atoms with Crippen molar-refractivity contribution in [2.24, 2.45) is 0 Å². The molecule has 0 N–H and O–H groups in total. The number of aromatic nitrogens is 2. The lowest BCUT2D eigenvalue weighted by Gasteiger charge is -2.16.